The van der Waals surface area contributed by atoms with Gasteiger partial charge in [0.1, 0.15) is 5.25 Å². The molecule has 1 atom stereocenters. The number of hydrogen-bond donors (Lipinski definition) is 1. The first-order valence-electron chi connectivity index (χ1n) is 6.67. The Bertz CT molecular complexity index is 597. The molecule has 0 bridgehead atoms. The van der Waals surface area contributed by atoms with Gasteiger partial charge >= 0.3 is 41.5 Å². The maximum absolute atomic E-state index is 12.0. The molecule has 1 aromatic rings. The number of carbonyl (C=O) groups is 2. The van der Waals surface area contributed by atoms with E-state index in [-0.39, 0.29) is 48.3 Å². The molecule has 1 rings (SSSR count). The summed E-state index contributed by atoms with van der Waals surface area (Å²) in [6.45, 7) is 2.96. The molecule has 1 aromatic carbocycles. The summed E-state index contributed by atoms with van der Waals surface area (Å²) >= 11 is 0. The third-order valence-electron chi connectivity index (χ3n) is 2.83. The van der Waals surface area contributed by atoms with Crippen LogP contribution in [-0.2, 0) is 29.2 Å². The van der Waals surface area contributed by atoms with Gasteiger partial charge in [-0.1, -0.05) is 30.3 Å². The Balaban J connectivity index is 0.00000484. The Morgan fingerprint density at radius 1 is 1.04 bits per heavy atom. The monoisotopic (exact) mass is 353 g/mol. The van der Waals surface area contributed by atoms with Crippen LogP contribution in [-0.4, -0.2) is 38.1 Å². The molecule has 0 amide bonds. The van der Waals surface area contributed by atoms with Gasteiger partial charge in [0, 0.05) is 0 Å². The molecule has 1 N–H and O–H groups in total. The molecule has 0 aliphatic heterocycles. The largest absolute Gasteiger partial charge is 1.00 e. The van der Waals surface area contributed by atoms with Gasteiger partial charge in [0.05, 0.1) is 13.2 Å². The van der Waals surface area contributed by atoms with E-state index in [0.717, 1.165) is 0 Å². The first kappa shape index (κ1) is 22.1. The van der Waals surface area contributed by atoms with E-state index < -0.39 is 33.2 Å². The molecule has 0 radical (unpaired) electrons. The van der Waals surface area contributed by atoms with Crippen LogP contribution in [0.25, 0.3) is 0 Å². The van der Waals surface area contributed by atoms with Crippen LogP contribution in [0.5, 0.6) is 0 Å². The zero-order valence-electron chi connectivity index (χ0n) is 13.3. The van der Waals surface area contributed by atoms with Crippen molar-refractivity contribution in [2.24, 2.45) is 5.92 Å². The SMILES string of the molecule is CCOC(=O)C(C(=O)OCC)C(c1ccccc1)S(=O)(=O)O.[Na+]. The number of carbonyl (C=O) groups excluding carboxylic acids is 2. The maximum atomic E-state index is 12.0. The van der Waals surface area contributed by atoms with Gasteiger partial charge in [0.2, 0.25) is 0 Å². The minimum atomic E-state index is -4.75. The van der Waals surface area contributed by atoms with Crippen molar-refractivity contribution in [3.63, 3.8) is 0 Å². The molecule has 0 saturated heterocycles. The molecule has 1 unspecified atom stereocenters. The van der Waals surface area contributed by atoms with E-state index in [1.165, 1.54) is 38.1 Å². The molecule has 0 fully saturated rings. The summed E-state index contributed by atoms with van der Waals surface area (Å²) < 4.78 is 42.5. The molecule has 23 heavy (non-hydrogen) atoms. The molecule has 0 aliphatic rings. The molecule has 0 heterocycles. The van der Waals surface area contributed by atoms with Crippen molar-refractivity contribution < 1.29 is 61.6 Å². The van der Waals surface area contributed by atoms with Gasteiger partial charge in [0.15, 0.2) is 5.92 Å². The first-order chi connectivity index (χ1) is 10.3. The third-order valence-corrected chi connectivity index (χ3v) is 4.02. The third kappa shape index (κ3) is 6.23. The summed E-state index contributed by atoms with van der Waals surface area (Å²) in [7, 11) is -4.75. The van der Waals surface area contributed by atoms with Crippen LogP contribution in [0.2, 0.25) is 0 Å². The number of benzene rings is 1. The summed E-state index contributed by atoms with van der Waals surface area (Å²) in [5, 5.41) is -1.79. The Hall–Kier alpha value is -0.930. The minimum Gasteiger partial charge on any atom is -0.465 e. The fourth-order valence-electron chi connectivity index (χ4n) is 1.99. The Kier molecular flexibility index (Phi) is 9.64. The average Bonchev–Trinajstić information content (AvgIpc) is 2.44. The number of ether oxygens (including phenoxy) is 2. The van der Waals surface area contributed by atoms with E-state index in [1.807, 2.05) is 0 Å². The smallest absolute Gasteiger partial charge is 0.465 e. The van der Waals surface area contributed by atoms with E-state index in [2.05, 4.69) is 0 Å². The second kappa shape index (κ2) is 10.0. The average molecular weight is 353 g/mol. The van der Waals surface area contributed by atoms with Gasteiger partial charge in [-0.2, -0.15) is 8.42 Å². The summed E-state index contributed by atoms with van der Waals surface area (Å²) in [4.78, 5) is 24.0. The second-order valence-corrected chi connectivity index (χ2v) is 5.87. The zero-order valence-corrected chi connectivity index (χ0v) is 16.1. The second-order valence-electron chi connectivity index (χ2n) is 4.33. The van der Waals surface area contributed by atoms with Gasteiger partial charge in [-0.05, 0) is 19.4 Å². The van der Waals surface area contributed by atoms with Crippen molar-refractivity contribution in [1.82, 2.24) is 0 Å². The first-order valence-corrected chi connectivity index (χ1v) is 8.17. The number of hydrogen-bond acceptors (Lipinski definition) is 6. The molecule has 0 spiro atoms. The van der Waals surface area contributed by atoms with Crippen LogP contribution in [0, 0.1) is 5.92 Å². The van der Waals surface area contributed by atoms with Crippen LogP contribution < -0.4 is 29.6 Å². The molecular formula is C14H18NaO7S+. The standard InChI is InChI=1S/C14H18O7S.Na/c1-3-20-13(15)11(14(16)21-4-2)12(22(17,18)19)10-8-6-5-7-9-10;/h5-9,11-12H,3-4H2,1-2H3,(H,17,18,19);/q;+1. The van der Waals surface area contributed by atoms with Gasteiger partial charge in [-0.15, -0.1) is 0 Å². The van der Waals surface area contributed by atoms with E-state index in [4.69, 9.17) is 9.47 Å². The maximum Gasteiger partial charge on any atom is 1.00 e. The van der Waals surface area contributed by atoms with Crippen LogP contribution in [0.1, 0.15) is 24.7 Å². The Labute approximate surface area is 157 Å². The van der Waals surface area contributed by atoms with Crippen molar-refractivity contribution in [1.29, 1.82) is 0 Å². The van der Waals surface area contributed by atoms with Crippen LogP contribution in [0.4, 0.5) is 0 Å². The molecule has 0 aliphatic carbocycles. The van der Waals surface area contributed by atoms with Gasteiger partial charge in [-0.25, -0.2) is 0 Å². The Morgan fingerprint density at radius 3 is 1.83 bits per heavy atom. The van der Waals surface area contributed by atoms with E-state index >= 15 is 0 Å². The van der Waals surface area contributed by atoms with Crippen LogP contribution in [0.15, 0.2) is 30.3 Å². The van der Waals surface area contributed by atoms with Gasteiger partial charge in [-0.3, -0.25) is 14.1 Å². The molecule has 0 aromatic heterocycles. The van der Waals surface area contributed by atoms with Crippen molar-refractivity contribution >= 4 is 22.1 Å². The van der Waals surface area contributed by atoms with Crippen LogP contribution in [0.3, 0.4) is 0 Å². The summed E-state index contributed by atoms with van der Waals surface area (Å²) in [6, 6.07) is 7.48. The van der Waals surface area contributed by atoms with Crippen molar-refractivity contribution in [2.75, 3.05) is 13.2 Å². The van der Waals surface area contributed by atoms with Crippen molar-refractivity contribution in [3.8, 4) is 0 Å². The number of rotatable bonds is 7. The van der Waals surface area contributed by atoms with Crippen molar-refractivity contribution in [3.05, 3.63) is 35.9 Å². The van der Waals surface area contributed by atoms with Gasteiger partial charge in [0.25, 0.3) is 10.1 Å². The van der Waals surface area contributed by atoms with Crippen molar-refractivity contribution in [2.45, 2.75) is 19.1 Å². The van der Waals surface area contributed by atoms with E-state index in [9.17, 15) is 22.6 Å². The predicted molar refractivity (Wildman–Crippen MR) is 77.5 cm³/mol. The van der Waals surface area contributed by atoms with Gasteiger partial charge < -0.3 is 9.47 Å². The summed E-state index contributed by atoms with van der Waals surface area (Å²) in [5.74, 6) is -3.92. The predicted octanol–water partition coefficient (Wildman–Crippen LogP) is -1.64. The fourth-order valence-corrected chi connectivity index (χ4v) is 3.05. The minimum absolute atomic E-state index is 0. The zero-order chi connectivity index (χ0) is 16.8. The summed E-state index contributed by atoms with van der Waals surface area (Å²) in [5.41, 5.74) is 0.0936. The van der Waals surface area contributed by atoms with E-state index in [1.54, 1.807) is 6.07 Å². The molecule has 122 valence electrons. The van der Waals surface area contributed by atoms with E-state index in [0.29, 0.717) is 0 Å². The summed E-state index contributed by atoms with van der Waals surface area (Å²) in [6.07, 6.45) is 0. The fraction of sp³-hybridized carbons (Fsp3) is 0.429. The molecule has 0 saturated carbocycles. The topological polar surface area (TPSA) is 107 Å². The van der Waals surface area contributed by atoms with Crippen LogP contribution >= 0.6 is 0 Å². The molecular weight excluding hydrogens is 335 g/mol. The molecule has 7 nitrogen and oxygen atoms in total. The molecule has 9 heteroatoms. The quantitative estimate of drug-likeness (QED) is 0.271. The normalized spacial score (nSPS) is 12.2. The number of esters is 2. The Morgan fingerprint density at radius 2 is 1.48 bits per heavy atom.